The molecule has 1 atom stereocenters. The van der Waals surface area contributed by atoms with Gasteiger partial charge in [-0.25, -0.2) is 0 Å². The molecule has 1 aromatic rings. The normalized spacial score (nSPS) is 37.3. The van der Waals surface area contributed by atoms with Crippen molar-refractivity contribution in [3.05, 3.63) is 21.9 Å². The van der Waals surface area contributed by atoms with E-state index in [1.807, 2.05) is 27.7 Å². The lowest BCUT2D eigenvalue weighted by Crippen LogP contribution is -2.78. The number of nitrogens with zero attached hydrogens (tertiary/aromatic N) is 2. The van der Waals surface area contributed by atoms with E-state index in [2.05, 4.69) is 10.2 Å². The first-order chi connectivity index (χ1) is 11.8. The highest BCUT2D eigenvalue weighted by atomic mass is 35.5. The molecule has 10 heteroatoms. The van der Waals surface area contributed by atoms with Crippen molar-refractivity contribution in [3.8, 4) is 0 Å². The number of alkyl halides is 3. The smallest absolute Gasteiger partial charge is 0.403 e. The average Bonchev–Trinajstić information content (AvgIpc) is 2.57. The summed E-state index contributed by atoms with van der Waals surface area (Å²) in [6.45, 7) is 7.29. The fraction of sp³-hybridized carbons (Fsp3) is 0.750. The Kier molecular flexibility index (Phi) is 3.66. The summed E-state index contributed by atoms with van der Waals surface area (Å²) >= 11 is 12.1. The second-order valence-corrected chi connectivity index (χ2v) is 9.38. The Bertz CT molecular complexity index is 765. The summed E-state index contributed by atoms with van der Waals surface area (Å²) in [7, 11) is -0.980. The highest BCUT2D eigenvalue weighted by Crippen LogP contribution is 2.86. The molecule has 3 aliphatic carbocycles. The van der Waals surface area contributed by atoms with Gasteiger partial charge in [0.1, 0.15) is 0 Å². The van der Waals surface area contributed by atoms with Crippen LogP contribution in [0.5, 0.6) is 0 Å². The van der Waals surface area contributed by atoms with Crippen LogP contribution >= 0.6 is 23.2 Å². The molecule has 142 valence electrons. The Morgan fingerprint density at radius 1 is 1.08 bits per heavy atom. The lowest BCUT2D eigenvalue weighted by atomic mass is 9.20. The van der Waals surface area contributed by atoms with E-state index in [-0.39, 0.29) is 23.1 Å². The first-order valence-corrected chi connectivity index (χ1v) is 9.13. The molecule has 4 nitrogen and oxygen atoms in total. The Morgan fingerprint density at radius 3 is 2.12 bits per heavy atom. The van der Waals surface area contributed by atoms with E-state index in [0.717, 1.165) is 0 Å². The molecule has 1 aromatic heterocycles. The standard InChI is InChI=1S/C16H18BCl2F3N2O2/c1-12(2)13(3,4)26-17(25-12)11-14(6-15(11,7-14)16(20,21)22)8-5-9(18)23-24-10(8)19/h5,11H,6-7H2,1-4H3. The van der Waals surface area contributed by atoms with Gasteiger partial charge in [-0.1, -0.05) is 23.2 Å². The van der Waals surface area contributed by atoms with Crippen LogP contribution in [-0.2, 0) is 14.7 Å². The molecule has 26 heavy (non-hydrogen) atoms. The molecular formula is C16H18BCl2F3N2O2. The summed E-state index contributed by atoms with van der Waals surface area (Å²) < 4.78 is 53.6. The molecule has 0 N–H and O–H groups in total. The lowest BCUT2D eigenvalue weighted by molar-refractivity contribution is -0.340. The van der Waals surface area contributed by atoms with Crippen molar-refractivity contribution in [1.82, 2.24) is 10.2 Å². The van der Waals surface area contributed by atoms with E-state index in [0.29, 0.717) is 5.56 Å². The van der Waals surface area contributed by atoms with Crippen molar-refractivity contribution in [2.75, 3.05) is 0 Å². The van der Waals surface area contributed by atoms with Crippen molar-refractivity contribution in [3.63, 3.8) is 0 Å². The minimum Gasteiger partial charge on any atom is -0.403 e. The predicted molar refractivity (Wildman–Crippen MR) is 91.3 cm³/mol. The summed E-state index contributed by atoms with van der Waals surface area (Å²) in [4.78, 5) is 0. The van der Waals surface area contributed by atoms with Crippen LogP contribution in [0.2, 0.25) is 16.1 Å². The summed E-state index contributed by atoms with van der Waals surface area (Å²) in [6, 6.07) is 1.51. The Morgan fingerprint density at radius 2 is 1.62 bits per heavy atom. The quantitative estimate of drug-likeness (QED) is 0.656. The van der Waals surface area contributed by atoms with Gasteiger partial charge in [-0.05, 0) is 46.6 Å². The zero-order valence-electron chi connectivity index (χ0n) is 14.7. The second kappa shape index (κ2) is 5.07. The molecule has 0 aromatic carbocycles. The second-order valence-electron chi connectivity index (χ2n) is 8.64. The van der Waals surface area contributed by atoms with Crippen LogP contribution < -0.4 is 0 Å². The van der Waals surface area contributed by atoms with Crippen LogP contribution in [0.3, 0.4) is 0 Å². The Hall–Kier alpha value is -0.565. The maximum atomic E-state index is 13.9. The molecule has 5 rings (SSSR count). The number of hydrogen-bond donors (Lipinski definition) is 0. The molecule has 1 aliphatic heterocycles. The van der Waals surface area contributed by atoms with Crippen molar-refractivity contribution < 1.29 is 22.5 Å². The van der Waals surface area contributed by atoms with Gasteiger partial charge in [0.15, 0.2) is 10.3 Å². The lowest BCUT2D eigenvalue weighted by Gasteiger charge is -2.76. The van der Waals surface area contributed by atoms with Crippen LogP contribution in [-0.4, -0.2) is 34.7 Å². The van der Waals surface area contributed by atoms with Gasteiger partial charge in [-0.2, -0.15) is 13.2 Å². The van der Waals surface area contributed by atoms with Crippen LogP contribution in [0, 0.1) is 5.41 Å². The Balaban J connectivity index is 1.76. The highest BCUT2D eigenvalue weighted by Gasteiger charge is 2.89. The molecule has 2 bridgehead atoms. The van der Waals surface area contributed by atoms with Gasteiger partial charge in [-0.3, -0.25) is 0 Å². The maximum Gasteiger partial charge on any atom is 0.462 e. The predicted octanol–water partition coefficient (Wildman–Crippen LogP) is 4.84. The fourth-order valence-corrected chi connectivity index (χ4v) is 5.19. The van der Waals surface area contributed by atoms with Gasteiger partial charge in [0.05, 0.1) is 16.6 Å². The molecule has 3 saturated carbocycles. The first kappa shape index (κ1) is 18.8. The zero-order valence-corrected chi connectivity index (χ0v) is 16.3. The number of rotatable bonds is 2. The van der Waals surface area contributed by atoms with Gasteiger partial charge in [0.25, 0.3) is 0 Å². The first-order valence-electron chi connectivity index (χ1n) is 8.37. The minimum atomic E-state index is -4.35. The fourth-order valence-electron chi connectivity index (χ4n) is 4.76. The van der Waals surface area contributed by atoms with Crippen molar-refractivity contribution >= 4 is 30.3 Å². The molecule has 0 spiro atoms. The molecule has 1 saturated heterocycles. The van der Waals surface area contributed by atoms with Gasteiger partial charge < -0.3 is 9.31 Å². The molecule has 2 heterocycles. The minimum absolute atomic E-state index is 0.0695. The van der Waals surface area contributed by atoms with E-state index in [1.165, 1.54) is 6.07 Å². The molecule has 1 unspecified atom stereocenters. The third-order valence-corrected chi connectivity index (χ3v) is 7.28. The van der Waals surface area contributed by atoms with Gasteiger partial charge in [0, 0.05) is 16.8 Å². The van der Waals surface area contributed by atoms with Crippen molar-refractivity contribution in [2.24, 2.45) is 5.41 Å². The molecular weight excluding hydrogens is 391 g/mol. The van der Waals surface area contributed by atoms with E-state index < -0.39 is 41.1 Å². The SMILES string of the molecule is CC1(C)OB(C2C3(c4cc(Cl)nnc4Cl)CC2(C(F)(F)F)C3)OC1(C)C. The maximum absolute atomic E-state index is 13.9. The van der Waals surface area contributed by atoms with Crippen LogP contribution in [0.4, 0.5) is 13.2 Å². The molecule has 0 radical (unpaired) electrons. The molecule has 4 fully saturated rings. The summed E-state index contributed by atoms with van der Waals surface area (Å²) in [5.41, 5.74) is -3.58. The topological polar surface area (TPSA) is 44.2 Å². The summed E-state index contributed by atoms with van der Waals surface area (Å²) in [5, 5.41) is 7.61. The van der Waals surface area contributed by atoms with Crippen LogP contribution in [0.25, 0.3) is 0 Å². The Labute approximate surface area is 159 Å². The van der Waals surface area contributed by atoms with Gasteiger partial charge in [0.2, 0.25) is 0 Å². The van der Waals surface area contributed by atoms with Crippen LogP contribution in [0.15, 0.2) is 6.07 Å². The van der Waals surface area contributed by atoms with Crippen LogP contribution in [0.1, 0.15) is 46.1 Å². The van der Waals surface area contributed by atoms with E-state index >= 15 is 0 Å². The largest absolute Gasteiger partial charge is 0.462 e. The average molecular weight is 409 g/mol. The van der Waals surface area contributed by atoms with Gasteiger partial charge in [-0.15, -0.1) is 10.2 Å². The highest BCUT2D eigenvalue weighted by molar-refractivity contribution is 6.49. The van der Waals surface area contributed by atoms with E-state index in [9.17, 15) is 13.2 Å². The number of hydrogen-bond acceptors (Lipinski definition) is 4. The van der Waals surface area contributed by atoms with E-state index in [1.54, 1.807) is 0 Å². The number of aromatic nitrogens is 2. The van der Waals surface area contributed by atoms with Crippen molar-refractivity contribution in [1.29, 1.82) is 0 Å². The van der Waals surface area contributed by atoms with Crippen molar-refractivity contribution in [2.45, 2.75) is 69.1 Å². The van der Waals surface area contributed by atoms with Gasteiger partial charge >= 0.3 is 13.3 Å². The molecule has 0 amide bonds. The molecule has 4 aliphatic rings. The number of halogens is 5. The van der Waals surface area contributed by atoms with E-state index in [4.69, 9.17) is 32.5 Å². The summed E-state index contributed by atoms with van der Waals surface area (Å²) in [6.07, 6.45) is -4.49. The zero-order chi connectivity index (χ0) is 19.3. The third-order valence-electron chi connectivity index (χ3n) is 6.82. The monoisotopic (exact) mass is 408 g/mol. The summed E-state index contributed by atoms with van der Waals surface area (Å²) in [5.74, 6) is -0.895. The third kappa shape index (κ3) is 2.13.